The minimum absolute atomic E-state index is 0.353. The molecule has 0 amide bonds. The van der Waals surface area contributed by atoms with Crippen LogP contribution in [-0.4, -0.2) is 26.3 Å². The molecule has 0 fully saturated rings. The Balaban J connectivity index is 2.14. The molecule has 0 aliphatic heterocycles. The van der Waals surface area contributed by atoms with Crippen molar-refractivity contribution in [3.8, 4) is 0 Å². The SMILES string of the molecule is Cc1ncc(Cn2cc(C=O)nn2)s1. The minimum Gasteiger partial charge on any atom is -0.296 e. The second-order valence-corrected chi connectivity index (χ2v) is 4.12. The van der Waals surface area contributed by atoms with Crippen LogP contribution in [0.2, 0.25) is 0 Å². The molecule has 0 N–H and O–H groups in total. The number of thiazole rings is 1. The van der Waals surface area contributed by atoms with E-state index in [1.54, 1.807) is 22.2 Å². The number of hydrogen-bond donors (Lipinski definition) is 0. The summed E-state index contributed by atoms with van der Waals surface area (Å²) in [6.07, 6.45) is 4.10. The Bertz CT molecular complexity index is 448. The molecule has 0 spiro atoms. The summed E-state index contributed by atoms with van der Waals surface area (Å²) in [5.41, 5.74) is 0.353. The summed E-state index contributed by atoms with van der Waals surface area (Å²) >= 11 is 1.61. The van der Waals surface area contributed by atoms with Gasteiger partial charge in [-0.3, -0.25) is 4.79 Å². The summed E-state index contributed by atoms with van der Waals surface area (Å²) in [6.45, 7) is 2.57. The Morgan fingerprint density at radius 3 is 3.07 bits per heavy atom. The van der Waals surface area contributed by atoms with Crippen LogP contribution in [0.3, 0.4) is 0 Å². The number of rotatable bonds is 3. The molecule has 6 heteroatoms. The van der Waals surface area contributed by atoms with Gasteiger partial charge in [-0.05, 0) is 6.92 Å². The number of carbonyl (C=O) groups is 1. The van der Waals surface area contributed by atoms with Gasteiger partial charge in [0.15, 0.2) is 6.29 Å². The number of aromatic nitrogens is 4. The molecule has 0 aliphatic carbocycles. The van der Waals surface area contributed by atoms with E-state index in [1.165, 1.54) is 0 Å². The van der Waals surface area contributed by atoms with Crippen molar-refractivity contribution in [3.63, 3.8) is 0 Å². The zero-order valence-corrected chi connectivity index (χ0v) is 8.36. The third-order valence-electron chi connectivity index (χ3n) is 1.66. The Labute approximate surface area is 84.4 Å². The van der Waals surface area contributed by atoms with Crippen molar-refractivity contribution in [2.45, 2.75) is 13.5 Å². The molecule has 2 aromatic rings. The lowest BCUT2D eigenvalue weighted by Gasteiger charge is -1.93. The molecule has 2 heterocycles. The van der Waals surface area contributed by atoms with Crippen LogP contribution in [0.1, 0.15) is 20.4 Å². The van der Waals surface area contributed by atoms with Gasteiger partial charge < -0.3 is 0 Å². The van der Waals surface area contributed by atoms with Crippen LogP contribution < -0.4 is 0 Å². The molecule has 0 bridgehead atoms. The molecule has 0 aliphatic rings. The van der Waals surface area contributed by atoms with E-state index in [4.69, 9.17) is 0 Å². The summed E-state index contributed by atoms with van der Waals surface area (Å²) in [5, 5.41) is 8.50. The summed E-state index contributed by atoms with van der Waals surface area (Å²) in [6, 6.07) is 0. The zero-order chi connectivity index (χ0) is 9.97. The Kier molecular flexibility index (Phi) is 2.36. The predicted octanol–water partition coefficient (Wildman–Crippen LogP) is 0.904. The normalized spacial score (nSPS) is 10.4. The number of hydrogen-bond acceptors (Lipinski definition) is 5. The second kappa shape index (κ2) is 3.67. The average Bonchev–Trinajstić information content (AvgIpc) is 2.76. The fourth-order valence-electron chi connectivity index (χ4n) is 1.08. The maximum absolute atomic E-state index is 10.4. The second-order valence-electron chi connectivity index (χ2n) is 2.80. The first-order chi connectivity index (χ1) is 6.78. The van der Waals surface area contributed by atoms with Crippen LogP contribution in [0.4, 0.5) is 0 Å². The van der Waals surface area contributed by atoms with Gasteiger partial charge in [-0.1, -0.05) is 5.21 Å². The van der Waals surface area contributed by atoms with Gasteiger partial charge in [0.2, 0.25) is 0 Å². The van der Waals surface area contributed by atoms with Gasteiger partial charge in [-0.15, -0.1) is 16.4 Å². The van der Waals surface area contributed by atoms with E-state index >= 15 is 0 Å². The molecule has 0 atom stereocenters. The van der Waals surface area contributed by atoms with Crippen molar-refractivity contribution in [2.24, 2.45) is 0 Å². The molecule has 2 rings (SSSR count). The van der Waals surface area contributed by atoms with Crippen LogP contribution in [-0.2, 0) is 6.54 Å². The molecule has 0 saturated carbocycles. The summed E-state index contributed by atoms with van der Waals surface area (Å²) in [4.78, 5) is 15.6. The Morgan fingerprint density at radius 2 is 2.50 bits per heavy atom. The monoisotopic (exact) mass is 208 g/mol. The first-order valence-electron chi connectivity index (χ1n) is 4.04. The van der Waals surface area contributed by atoms with E-state index in [0.29, 0.717) is 18.5 Å². The van der Waals surface area contributed by atoms with Crippen LogP contribution in [0.5, 0.6) is 0 Å². The highest BCUT2D eigenvalue weighted by atomic mass is 32.1. The van der Waals surface area contributed by atoms with Crippen LogP contribution in [0.15, 0.2) is 12.4 Å². The van der Waals surface area contributed by atoms with Crippen molar-refractivity contribution in [3.05, 3.63) is 28.0 Å². The van der Waals surface area contributed by atoms with E-state index in [0.717, 1.165) is 9.88 Å². The highest BCUT2D eigenvalue weighted by Crippen LogP contribution is 2.12. The molecule has 0 radical (unpaired) electrons. The molecule has 0 saturated heterocycles. The van der Waals surface area contributed by atoms with Crippen LogP contribution in [0, 0.1) is 6.92 Å². The highest BCUT2D eigenvalue weighted by Gasteiger charge is 2.02. The summed E-state index contributed by atoms with van der Waals surface area (Å²) < 4.78 is 1.62. The molecule has 72 valence electrons. The fraction of sp³-hybridized carbons (Fsp3) is 0.250. The van der Waals surface area contributed by atoms with Crippen molar-refractivity contribution < 1.29 is 4.79 Å². The molecule has 0 unspecified atom stereocenters. The third kappa shape index (κ3) is 1.85. The molecular formula is C8H8N4OS. The lowest BCUT2D eigenvalue weighted by Crippen LogP contribution is -1.98. The summed E-state index contributed by atoms with van der Waals surface area (Å²) in [5.74, 6) is 0. The topological polar surface area (TPSA) is 60.7 Å². The lowest BCUT2D eigenvalue weighted by molar-refractivity contribution is 0.111. The number of nitrogens with zero attached hydrogens (tertiary/aromatic N) is 4. The van der Waals surface area contributed by atoms with E-state index in [1.807, 2.05) is 13.1 Å². The van der Waals surface area contributed by atoms with Crippen molar-refractivity contribution in [1.29, 1.82) is 0 Å². The van der Waals surface area contributed by atoms with Gasteiger partial charge in [-0.25, -0.2) is 9.67 Å². The van der Waals surface area contributed by atoms with Crippen molar-refractivity contribution in [2.75, 3.05) is 0 Å². The molecule has 0 aromatic carbocycles. The van der Waals surface area contributed by atoms with Gasteiger partial charge in [0.25, 0.3) is 0 Å². The van der Waals surface area contributed by atoms with Gasteiger partial charge >= 0.3 is 0 Å². The fourth-order valence-corrected chi connectivity index (χ4v) is 1.87. The average molecular weight is 208 g/mol. The van der Waals surface area contributed by atoms with Crippen LogP contribution in [0.25, 0.3) is 0 Å². The zero-order valence-electron chi connectivity index (χ0n) is 7.54. The summed E-state index contributed by atoms with van der Waals surface area (Å²) in [7, 11) is 0. The highest BCUT2D eigenvalue weighted by molar-refractivity contribution is 7.11. The first-order valence-corrected chi connectivity index (χ1v) is 4.86. The number of carbonyl (C=O) groups excluding carboxylic acids is 1. The maximum Gasteiger partial charge on any atom is 0.171 e. The minimum atomic E-state index is 0.353. The molecular weight excluding hydrogens is 200 g/mol. The smallest absolute Gasteiger partial charge is 0.171 e. The molecule has 2 aromatic heterocycles. The Morgan fingerprint density at radius 1 is 1.64 bits per heavy atom. The van der Waals surface area contributed by atoms with E-state index in [2.05, 4.69) is 15.3 Å². The van der Waals surface area contributed by atoms with Crippen molar-refractivity contribution in [1.82, 2.24) is 20.0 Å². The van der Waals surface area contributed by atoms with E-state index in [-0.39, 0.29) is 0 Å². The first kappa shape index (κ1) is 9.01. The van der Waals surface area contributed by atoms with Gasteiger partial charge in [-0.2, -0.15) is 0 Å². The van der Waals surface area contributed by atoms with Crippen LogP contribution >= 0.6 is 11.3 Å². The largest absolute Gasteiger partial charge is 0.296 e. The predicted molar refractivity (Wildman–Crippen MR) is 51.4 cm³/mol. The number of aryl methyl sites for hydroxylation is 1. The van der Waals surface area contributed by atoms with Gasteiger partial charge in [0.1, 0.15) is 5.69 Å². The lowest BCUT2D eigenvalue weighted by atomic mass is 10.5. The van der Waals surface area contributed by atoms with E-state index < -0.39 is 0 Å². The molecule has 5 nitrogen and oxygen atoms in total. The van der Waals surface area contributed by atoms with E-state index in [9.17, 15) is 4.79 Å². The maximum atomic E-state index is 10.4. The van der Waals surface area contributed by atoms with Gasteiger partial charge in [0.05, 0.1) is 17.7 Å². The quantitative estimate of drug-likeness (QED) is 0.703. The standard InChI is InChI=1S/C8H8N4OS/c1-6-9-2-8(14-6)4-12-3-7(5-13)10-11-12/h2-3,5H,4H2,1H3. The number of aldehydes is 1. The molecule has 14 heavy (non-hydrogen) atoms. The Hall–Kier alpha value is -1.56. The third-order valence-corrected chi connectivity index (χ3v) is 2.56. The van der Waals surface area contributed by atoms with Gasteiger partial charge in [0, 0.05) is 11.1 Å². The van der Waals surface area contributed by atoms with Crippen molar-refractivity contribution >= 4 is 17.6 Å².